The predicted molar refractivity (Wildman–Crippen MR) is 71.6 cm³/mol. The third kappa shape index (κ3) is 2.90. The average molecular weight is 251 g/mol. The highest BCUT2D eigenvalue weighted by Crippen LogP contribution is 2.31. The van der Waals surface area contributed by atoms with Crippen LogP contribution < -0.4 is 0 Å². The van der Waals surface area contributed by atoms with Gasteiger partial charge in [-0.15, -0.1) is 0 Å². The molecule has 1 nitrogen and oxygen atoms in total. The maximum absolute atomic E-state index is 12.4. The van der Waals surface area contributed by atoms with E-state index < -0.39 is 0 Å². The molecule has 1 aliphatic rings. The van der Waals surface area contributed by atoms with E-state index in [2.05, 4.69) is 6.92 Å². The molecule has 2 atom stereocenters. The van der Waals surface area contributed by atoms with Crippen molar-refractivity contribution >= 4 is 17.4 Å². The Morgan fingerprint density at radius 2 is 2.12 bits per heavy atom. The van der Waals surface area contributed by atoms with Gasteiger partial charge in [-0.2, -0.15) is 0 Å². The Bertz CT molecular complexity index is 425. The first-order valence-electron chi connectivity index (χ1n) is 6.38. The quantitative estimate of drug-likeness (QED) is 0.698. The molecule has 2 rings (SSSR count). The molecule has 1 aromatic rings. The summed E-state index contributed by atoms with van der Waals surface area (Å²) < 4.78 is 0. The van der Waals surface area contributed by atoms with Crippen molar-refractivity contribution in [3.05, 3.63) is 34.3 Å². The summed E-state index contributed by atoms with van der Waals surface area (Å²) in [5.41, 5.74) is 1.81. The molecule has 0 radical (unpaired) electrons. The van der Waals surface area contributed by atoms with Gasteiger partial charge in [0.25, 0.3) is 0 Å². The second-order valence-electron chi connectivity index (χ2n) is 5.30. The normalized spacial score (nSPS) is 24.6. The number of hydrogen-bond donors (Lipinski definition) is 0. The van der Waals surface area contributed by atoms with E-state index in [0.29, 0.717) is 11.7 Å². The van der Waals surface area contributed by atoms with Crippen LogP contribution in [0, 0.1) is 18.8 Å². The molecule has 0 spiro atoms. The monoisotopic (exact) mass is 250 g/mol. The molecule has 0 N–H and O–H groups in total. The summed E-state index contributed by atoms with van der Waals surface area (Å²) in [4.78, 5) is 12.4. The van der Waals surface area contributed by atoms with Crippen molar-refractivity contribution in [3.8, 4) is 0 Å². The largest absolute Gasteiger partial charge is 0.294 e. The summed E-state index contributed by atoms with van der Waals surface area (Å²) in [6.07, 6.45) is 4.54. The minimum absolute atomic E-state index is 0.222. The maximum Gasteiger partial charge on any atom is 0.165 e. The van der Waals surface area contributed by atoms with Crippen molar-refractivity contribution in [2.45, 2.75) is 39.5 Å². The van der Waals surface area contributed by atoms with Crippen LogP contribution in [0.5, 0.6) is 0 Å². The van der Waals surface area contributed by atoms with Crippen LogP contribution in [0.1, 0.15) is 48.5 Å². The molecule has 1 fully saturated rings. The number of rotatable bonds is 2. The Labute approximate surface area is 108 Å². The number of aryl methyl sites for hydroxylation is 1. The van der Waals surface area contributed by atoms with Gasteiger partial charge in [-0.1, -0.05) is 31.4 Å². The minimum atomic E-state index is 0.222. The lowest BCUT2D eigenvalue weighted by Crippen LogP contribution is -2.21. The van der Waals surface area contributed by atoms with Gasteiger partial charge in [0.15, 0.2) is 5.78 Å². The summed E-state index contributed by atoms with van der Waals surface area (Å²) in [7, 11) is 0. The highest BCUT2D eigenvalue weighted by Gasteiger charge is 2.25. The fourth-order valence-electron chi connectivity index (χ4n) is 2.71. The Morgan fingerprint density at radius 1 is 1.35 bits per heavy atom. The molecule has 0 heterocycles. The van der Waals surface area contributed by atoms with Crippen LogP contribution in [0.2, 0.25) is 5.02 Å². The minimum Gasteiger partial charge on any atom is -0.294 e. The summed E-state index contributed by atoms with van der Waals surface area (Å²) in [5, 5.41) is 0.735. The van der Waals surface area contributed by atoms with Gasteiger partial charge < -0.3 is 0 Å². The summed E-state index contributed by atoms with van der Waals surface area (Å²) in [6, 6.07) is 5.61. The smallest absolute Gasteiger partial charge is 0.165 e. The zero-order valence-electron chi connectivity index (χ0n) is 10.5. The van der Waals surface area contributed by atoms with Crippen molar-refractivity contribution in [3.63, 3.8) is 0 Å². The topological polar surface area (TPSA) is 17.1 Å². The Balaban J connectivity index is 2.15. The Hall–Kier alpha value is -0.820. The molecule has 0 saturated heterocycles. The number of carbonyl (C=O) groups excluding carboxylic acids is 1. The van der Waals surface area contributed by atoms with Gasteiger partial charge in [0.05, 0.1) is 0 Å². The lowest BCUT2D eigenvalue weighted by atomic mass is 9.78. The first-order valence-corrected chi connectivity index (χ1v) is 6.76. The molecular formula is C15H19ClO. The molecule has 17 heavy (non-hydrogen) atoms. The SMILES string of the molecule is Cc1cc(C(=O)C2CCCC(C)C2)ccc1Cl. The van der Waals surface area contributed by atoms with E-state index >= 15 is 0 Å². The molecule has 2 unspecified atom stereocenters. The highest BCUT2D eigenvalue weighted by molar-refractivity contribution is 6.31. The standard InChI is InChI=1S/C15H19ClO/c1-10-4-3-5-12(8-10)15(17)13-6-7-14(16)11(2)9-13/h6-7,9-10,12H,3-5,8H2,1-2H3. The Kier molecular flexibility index (Phi) is 3.88. The van der Waals surface area contributed by atoms with E-state index in [1.165, 1.54) is 12.8 Å². The molecule has 1 saturated carbocycles. The van der Waals surface area contributed by atoms with Gasteiger partial charge in [0.2, 0.25) is 0 Å². The van der Waals surface area contributed by atoms with E-state index in [1.807, 2.05) is 25.1 Å². The molecular weight excluding hydrogens is 232 g/mol. The number of hydrogen-bond acceptors (Lipinski definition) is 1. The van der Waals surface area contributed by atoms with Crippen molar-refractivity contribution in [2.75, 3.05) is 0 Å². The Morgan fingerprint density at radius 3 is 2.76 bits per heavy atom. The fourth-order valence-corrected chi connectivity index (χ4v) is 2.82. The number of ketones is 1. The molecule has 0 aromatic heterocycles. The second kappa shape index (κ2) is 5.22. The summed E-state index contributed by atoms with van der Waals surface area (Å²) >= 11 is 5.98. The van der Waals surface area contributed by atoms with Gasteiger partial charge in [-0.3, -0.25) is 4.79 Å². The van der Waals surface area contributed by atoms with Gasteiger partial charge in [0.1, 0.15) is 0 Å². The zero-order chi connectivity index (χ0) is 12.4. The third-order valence-electron chi connectivity index (χ3n) is 3.75. The molecule has 0 bridgehead atoms. The van der Waals surface area contributed by atoms with E-state index in [-0.39, 0.29) is 5.92 Å². The highest BCUT2D eigenvalue weighted by atomic mass is 35.5. The van der Waals surface area contributed by atoms with E-state index in [9.17, 15) is 4.79 Å². The number of carbonyl (C=O) groups is 1. The molecule has 92 valence electrons. The molecule has 1 aromatic carbocycles. The molecule has 0 amide bonds. The lowest BCUT2D eigenvalue weighted by Gasteiger charge is -2.25. The van der Waals surface area contributed by atoms with Crippen molar-refractivity contribution in [2.24, 2.45) is 11.8 Å². The third-order valence-corrected chi connectivity index (χ3v) is 4.17. The van der Waals surface area contributed by atoms with Crippen LogP contribution in [-0.2, 0) is 0 Å². The van der Waals surface area contributed by atoms with Crippen molar-refractivity contribution in [1.82, 2.24) is 0 Å². The van der Waals surface area contributed by atoms with Crippen LogP contribution in [0.3, 0.4) is 0 Å². The van der Waals surface area contributed by atoms with Gasteiger partial charge in [-0.05, 0) is 49.4 Å². The predicted octanol–water partition coefficient (Wildman–Crippen LogP) is 4.66. The van der Waals surface area contributed by atoms with Crippen LogP contribution in [0.25, 0.3) is 0 Å². The van der Waals surface area contributed by atoms with Gasteiger partial charge >= 0.3 is 0 Å². The zero-order valence-corrected chi connectivity index (χ0v) is 11.3. The summed E-state index contributed by atoms with van der Waals surface area (Å²) in [5.74, 6) is 1.21. The first-order chi connectivity index (χ1) is 8.08. The number of Topliss-reactive ketones (excluding diaryl/α,β-unsaturated/α-hetero) is 1. The van der Waals surface area contributed by atoms with Gasteiger partial charge in [0, 0.05) is 16.5 Å². The maximum atomic E-state index is 12.4. The van der Waals surface area contributed by atoms with Gasteiger partial charge in [-0.25, -0.2) is 0 Å². The van der Waals surface area contributed by atoms with Crippen LogP contribution in [-0.4, -0.2) is 5.78 Å². The van der Waals surface area contributed by atoms with E-state index in [1.54, 1.807) is 0 Å². The van der Waals surface area contributed by atoms with Crippen molar-refractivity contribution < 1.29 is 4.79 Å². The fraction of sp³-hybridized carbons (Fsp3) is 0.533. The molecule has 2 heteroatoms. The first kappa shape index (κ1) is 12.6. The lowest BCUT2D eigenvalue weighted by molar-refractivity contribution is 0.0868. The summed E-state index contributed by atoms with van der Waals surface area (Å²) in [6.45, 7) is 4.19. The van der Waals surface area contributed by atoms with Crippen LogP contribution in [0.15, 0.2) is 18.2 Å². The second-order valence-corrected chi connectivity index (χ2v) is 5.70. The number of benzene rings is 1. The van der Waals surface area contributed by atoms with Crippen LogP contribution in [0.4, 0.5) is 0 Å². The average Bonchev–Trinajstić information content (AvgIpc) is 2.32. The van der Waals surface area contributed by atoms with E-state index in [0.717, 1.165) is 29.0 Å². The molecule has 0 aliphatic heterocycles. The number of halogens is 1. The van der Waals surface area contributed by atoms with Crippen LogP contribution >= 0.6 is 11.6 Å². The van der Waals surface area contributed by atoms with Crippen molar-refractivity contribution in [1.29, 1.82) is 0 Å². The van der Waals surface area contributed by atoms with E-state index in [4.69, 9.17) is 11.6 Å². The molecule has 1 aliphatic carbocycles.